The van der Waals surface area contributed by atoms with Crippen molar-refractivity contribution in [2.45, 2.75) is 51.4 Å². The number of amides is 1. The molecule has 1 N–H and O–H groups in total. The predicted octanol–water partition coefficient (Wildman–Crippen LogP) is 5.15. The molecule has 4 aromatic rings. The number of nitrogens with zero attached hydrogens (tertiary/aromatic N) is 3. The van der Waals surface area contributed by atoms with Gasteiger partial charge in [-0.25, -0.2) is 8.78 Å². The highest BCUT2D eigenvalue weighted by Crippen LogP contribution is 2.32. The van der Waals surface area contributed by atoms with Crippen molar-refractivity contribution in [3.05, 3.63) is 83.3 Å². The Balaban J connectivity index is 1.22. The van der Waals surface area contributed by atoms with E-state index in [2.05, 4.69) is 10.4 Å². The van der Waals surface area contributed by atoms with Crippen LogP contribution in [0, 0.1) is 5.82 Å². The van der Waals surface area contributed by atoms with Gasteiger partial charge in [0.15, 0.2) is 11.6 Å². The Labute approximate surface area is 236 Å². The molecule has 2 atom stereocenters. The number of ketones is 2. The molecule has 0 saturated carbocycles. The van der Waals surface area contributed by atoms with Crippen molar-refractivity contribution >= 4 is 34.1 Å². The highest BCUT2D eigenvalue weighted by molar-refractivity contribution is 6.05. The summed E-state index contributed by atoms with van der Waals surface area (Å²) in [6, 6.07) is 16.8. The van der Waals surface area contributed by atoms with Crippen LogP contribution in [0.15, 0.2) is 60.7 Å². The fourth-order valence-electron chi connectivity index (χ4n) is 5.98. The molecular formula is C32H30F2N4O3. The minimum absolute atomic E-state index is 0.137. The number of hydrogen-bond donors (Lipinski definition) is 1. The lowest BCUT2D eigenvalue weighted by Gasteiger charge is -2.24. The normalized spacial score (nSPS) is 18.3. The Kier molecular flexibility index (Phi) is 7.11. The smallest absolute Gasteiger partial charge is 0.245 e. The molecular weight excluding hydrogens is 526 g/mol. The molecule has 0 bridgehead atoms. The number of carbonyl (C=O) groups excluding carboxylic acids is 3. The second-order valence-corrected chi connectivity index (χ2v) is 10.8. The number of Topliss-reactive ketones (excluding diaryl/α,β-unsaturated/α-hetero) is 2. The van der Waals surface area contributed by atoms with Gasteiger partial charge in [0.1, 0.15) is 24.2 Å². The molecule has 41 heavy (non-hydrogen) atoms. The molecule has 0 spiro atoms. The number of fused-ring (bicyclic) bond motifs is 2. The molecule has 2 aliphatic rings. The van der Waals surface area contributed by atoms with E-state index >= 15 is 4.39 Å². The summed E-state index contributed by atoms with van der Waals surface area (Å²) in [5.41, 5.74) is 4.37. The molecule has 2 aliphatic heterocycles. The van der Waals surface area contributed by atoms with Crippen molar-refractivity contribution in [3.8, 4) is 11.1 Å². The number of halogens is 2. The predicted molar refractivity (Wildman–Crippen MR) is 152 cm³/mol. The van der Waals surface area contributed by atoms with E-state index in [1.54, 1.807) is 42.5 Å². The van der Waals surface area contributed by atoms with Crippen molar-refractivity contribution < 1.29 is 23.2 Å². The maximum absolute atomic E-state index is 15.7. The van der Waals surface area contributed by atoms with Crippen LogP contribution in [-0.2, 0) is 29.0 Å². The van der Waals surface area contributed by atoms with E-state index in [1.807, 2.05) is 18.2 Å². The molecule has 1 saturated heterocycles. The Hall–Kier alpha value is -4.40. The number of nitrogens with one attached hydrogen (secondary N) is 1. The van der Waals surface area contributed by atoms with Crippen LogP contribution in [0.4, 0.5) is 14.5 Å². The maximum atomic E-state index is 15.7. The second kappa shape index (κ2) is 10.9. The van der Waals surface area contributed by atoms with Crippen LogP contribution >= 0.6 is 0 Å². The number of hydrogen-bond acceptors (Lipinski definition) is 5. The van der Waals surface area contributed by atoms with Gasteiger partial charge in [0, 0.05) is 42.9 Å². The molecule has 1 fully saturated rings. The van der Waals surface area contributed by atoms with E-state index in [0.29, 0.717) is 16.5 Å². The fourth-order valence-corrected chi connectivity index (χ4v) is 5.98. The van der Waals surface area contributed by atoms with Gasteiger partial charge in [-0.05, 0) is 47.7 Å². The summed E-state index contributed by atoms with van der Waals surface area (Å²) >= 11 is 0. The number of anilines is 1. The largest absolute Gasteiger partial charge is 0.385 e. The van der Waals surface area contributed by atoms with Crippen LogP contribution in [-0.4, -0.2) is 57.5 Å². The topological polar surface area (TPSA) is 84.3 Å². The van der Waals surface area contributed by atoms with Crippen LogP contribution in [0.25, 0.3) is 22.0 Å². The minimum Gasteiger partial charge on any atom is -0.385 e. The molecule has 0 aliphatic carbocycles. The Morgan fingerprint density at radius 3 is 2.73 bits per heavy atom. The molecule has 1 amide bonds. The average Bonchev–Trinajstić information content (AvgIpc) is 3.55. The van der Waals surface area contributed by atoms with Crippen LogP contribution in [0.2, 0.25) is 0 Å². The van der Waals surface area contributed by atoms with Crippen LogP contribution in [0.1, 0.15) is 41.4 Å². The van der Waals surface area contributed by atoms with Gasteiger partial charge in [0.2, 0.25) is 5.91 Å². The summed E-state index contributed by atoms with van der Waals surface area (Å²) < 4.78 is 31.7. The fraction of sp³-hybridized carbons (Fsp3) is 0.312. The molecule has 6 rings (SSSR count). The second-order valence-electron chi connectivity index (χ2n) is 10.8. The van der Waals surface area contributed by atoms with E-state index in [9.17, 15) is 18.8 Å². The van der Waals surface area contributed by atoms with Crippen LogP contribution in [0.5, 0.6) is 0 Å². The zero-order valence-corrected chi connectivity index (χ0v) is 22.7. The average molecular weight is 557 g/mol. The highest BCUT2D eigenvalue weighted by atomic mass is 19.1. The van der Waals surface area contributed by atoms with Gasteiger partial charge in [-0.3, -0.25) is 19.1 Å². The van der Waals surface area contributed by atoms with Gasteiger partial charge in [-0.1, -0.05) is 42.5 Å². The van der Waals surface area contributed by atoms with E-state index in [0.717, 1.165) is 36.2 Å². The van der Waals surface area contributed by atoms with Gasteiger partial charge in [-0.2, -0.15) is 5.10 Å². The Morgan fingerprint density at radius 2 is 1.90 bits per heavy atom. The summed E-state index contributed by atoms with van der Waals surface area (Å²) in [6.07, 6.45) is 0.162. The zero-order chi connectivity index (χ0) is 28.7. The van der Waals surface area contributed by atoms with Gasteiger partial charge < -0.3 is 10.2 Å². The molecule has 1 aromatic heterocycles. The van der Waals surface area contributed by atoms with Crippen molar-refractivity contribution in [2.75, 3.05) is 18.4 Å². The van der Waals surface area contributed by atoms with Gasteiger partial charge in [0.05, 0.1) is 18.1 Å². The lowest BCUT2D eigenvalue weighted by atomic mass is 9.94. The quantitative estimate of drug-likeness (QED) is 0.318. The summed E-state index contributed by atoms with van der Waals surface area (Å²) in [5, 5.41) is 8.29. The number of aryl methyl sites for hydroxylation is 1. The molecule has 3 heterocycles. The Morgan fingerprint density at radius 1 is 1.07 bits per heavy atom. The summed E-state index contributed by atoms with van der Waals surface area (Å²) in [4.78, 5) is 40.1. The number of para-hydroxylation sites is 1. The lowest BCUT2D eigenvalue weighted by molar-refractivity contribution is -0.138. The van der Waals surface area contributed by atoms with Crippen molar-refractivity contribution in [1.29, 1.82) is 0 Å². The summed E-state index contributed by atoms with van der Waals surface area (Å²) in [7, 11) is 0. The first-order valence-electron chi connectivity index (χ1n) is 13.9. The molecule has 0 unspecified atom stereocenters. The standard InChI is InChI=1S/C32H30F2N4O3/c1-19(39)32-25-8-2-3-10-27(25)38(36-32)18-30(41)37-17-23(33)16-28(37)29(40)15-22-6-4-9-24(31(22)34)20-11-12-26-21(14-20)7-5-13-35-26/h2-4,6,8-12,14,23,28,35H,5,7,13,15-18H2,1H3/t23-,28+/m1/s1. The number of rotatable bonds is 7. The van der Waals surface area contributed by atoms with Gasteiger partial charge in [0.25, 0.3) is 0 Å². The van der Waals surface area contributed by atoms with Crippen molar-refractivity contribution in [3.63, 3.8) is 0 Å². The molecule has 3 aromatic carbocycles. The zero-order valence-electron chi connectivity index (χ0n) is 22.7. The number of aromatic nitrogens is 2. The van der Waals surface area contributed by atoms with Gasteiger partial charge >= 0.3 is 0 Å². The lowest BCUT2D eigenvalue weighted by Crippen LogP contribution is -2.43. The van der Waals surface area contributed by atoms with E-state index in [4.69, 9.17) is 0 Å². The third-order valence-electron chi connectivity index (χ3n) is 8.02. The van der Waals surface area contributed by atoms with E-state index in [-0.39, 0.29) is 43.0 Å². The first-order valence-corrected chi connectivity index (χ1v) is 13.9. The number of carbonyl (C=O) groups is 3. The summed E-state index contributed by atoms with van der Waals surface area (Å²) in [5.74, 6) is -1.62. The Bertz CT molecular complexity index is 1680. The number of benzene rings is 3. The number of alkyl halides is 1. The monoisotopic (exact) mass is 556 g/mol. The van der Waals surface area contributed by atoms with E-state index in [1.165, 1.54) is 16.5 Å². The minimum atomic E-state index is -1.37. The molecule has 210 valence electrons. The molecule has 0 radical (unpaired) electrons. The van der Waals surface area contributed by atoms with Gasteiger partial charge in [-0.15, -0.1) is 0 Å². The number of likely N-dealkylation sites (tertiary alicyclic amines) is 1. The SMILES string of the molecule is CC(=O)c1nn(CC(=O)N2C[C@H](F)C[C@H]2C(=O)Cc2cccc(-c3ccc4c(c3)CCCN4)c2F)c2ccccc12. The molecule has 7 nitrogen and oxygen atoms in total. The first-order chi connectivity index (χ1) is 19.8. The molecule has 9 heteroatoms. The maximum Gasteiger partial charge on any atom is 0.245 e. The van der Waals surface area contributed by atoms with E-state index < -0.39 is 29.7 Å². The van der Waals surface area contributed by atoms with Crippen molar-refractivity contribution in [1.82, 2.24) is 14.7 Å². The first kappa shape index (κ1) is 26.8. The van der Waals surface area contributed by atoms with Crippen LogP contribution in [0.3, 0.4) is 0 Å². The van der Waals surface area contributed by atoms with Crippen LogP contribution < -0.4 is 5.32 Å². The summed E-state index contributed by atoms with van der Waals surface area (Å²) in [6.45, 7) is 1.85. The van der Waals surface area contributed by atoms with Crippen molar-refractivity contribution in [2.24, 2.45) is 0 Å². The highest BCUT2D eigenvalue weighted by Gasteiger charge is 2.40. The third-order valence-corrected chi connectivity index (χ3v) is 8.02. The third kappa shape index (κ3) is 5.12.